The van der Waals surface area contributed by atoms with Crippen molar-refractivity contribution >= 4 is 28.1 Å². The number of methoxy groups -OCH3 is 1. The number of hydrogen-bond acceptors (Lipinski definition) is 5. The first kappa shape index (κ1) is 17.3. The van der Waals surface area contributed by atoms with E-state index in [1.807, 2.05) is 24.3 Å². The summed E-state index contributed by atoms with van der Waals surface area (Å²) in [6.07, 6.45) is 0. The second-order valence-electron chi connectivity index (χ2n) is 5.55. The second kappa shape index (κ2) is 7.56. The topological polar surface area (TPSA) is 57.9 Å². The molecule has 3 aromatic rings. The number of benzene rings is 2. The summed E-state index contributed by atoms with van der Waals surface area (Å²) in [4.78, 5) is 0. The largest absolute Gasteiger partial charge is 0.497 e. The highest BCUT2D eigenvalue weighted by Gasteiger charge is 2.19. The molecule has 2 aromatic carbocycles. The molecule has 0 amide bonds. The lowest BCUT2D eigenvalue weighted by Gasteiger charge is -2.20. The van der Waals surface area contributed by atoms with Crippen LogP contribution in [0.5, 0.6) is 5.75 Å². The Labute approximate surface area is 155 Å². The molecule has 0 saturated carbocycles. The van der Waals surface area contributed by atoms with E-state index in [0.29, 0.717) is 10.6 Å². The van der Waals surface area contributed by atoms with Crippen LogP contribution in [0.2, 0.25) is 5.15 Å². The number of aromatic nitrogens is 1. The molecule has 0 radical (unpaired) electrons. The number of aryl methyl sites for hydroxylation is 1. The third kappa shape index (κ3) is 3.76. The van der Waals surface area contributed by atoms with Gasteiger partial charge in [-0.25, -0.2) is 0 Å². The standard InChI is InChI=1S/C19H16ClN3OS/c1-12-3-5-13(6-4-12)17(14-7-9-15(24-2)10-8-14)22-19-16(11-21)18(20)23-25-19/h3-10,17,22H,1-2H3/t17-/m1/s1. The van der Waals surface area contributed by atoms with Crippen molar-refractivity contribution in [3.63, 3.8) is 0 Å². The molecule has 3 rings (SSSR count). The maximum atomic E-state index is 9.32. The van der Waals surface area contributed by atoms with Gasteiger partial charge in [0.25, 0.3) is 0 Å². The van der Waals surface area contributed by atoms with Crippen molar-refractivity contribution in [1.82, 2.24) is 4.37 Å². The van der Waals surface area contributed by atoms with E-state index in [0.717, 1.165) is 16.9 Å². The first-order valence-corrected chi connectivity index (χ1v) is 8.80. The average molecular weight is 370 g/mol. The fourth-order valence-corrected chi connectivity index (χ4v) is 3.47. The molecule has 0 spiro atoms. The molecule has 0 saturated heterocycles. The predicted molar refractivity (Wildman–Crippen MR) is 101 cm³/mol. The Balaban J connectivity index is 2.01. The number of nitrogens with zero attached hydrogens (tertiary/aromatic N) is 2. The number of nitrogens with one attached hydrogen (secondary N) is 1. The summed E-state index contributed by atoms with van der Waals surface area (Å²) >= 11 is 7.19. The fourth-order valence-electron chi connectivity index (χ4n) is 2.51. The van der Waals surface area contributed by atoms with Crippen molar-refractivity contribution in [1.29, 1.82) is 5.26 Å². The summed E-state index contributed by atoms with van der Waals surface area (Å²) in [6, 6.07) is 18.1. The van der Waals surface area contributed by atoms with Crippen molar-refractivity contribution in [2.45, 2.75) is 13.0 Å². The third-order valence-electron chi connectivity index (χ3n) is 3.90. The van der Waals surface area contributed by atoms with Crippen LogP contribution in [0.4, 0.5) is 5.00 Å². The molecule has 1 atom stereocenters. The van der Waals surface area contributed by atoms with Crippen LogP contribution in [-0.2, 0) is 0 Å². The van der Waals surface area contributed by atoms with E-state index in [1.54, 1.807) is 7.11 Å². The van der Waals surface area contributed by atoms with E-state index >= 15 is 0 Å². The zero-order valence-corrected chi connectivity index (χ0v) is 15.4. The Kier molecular flexibility index (Phi) is 5.22. The lowest BCUT2D eigenvalue weighted by molar-refractivity contribution is 0.414. The average Bonchev–Trinajstić information content (AvgIpc) is 3.00. The zero-order valence-electron chi connectivity index (χ0n) is 13.8. The van der Waals surface area contributed by atoms with Gasteiger partial charge in [0.05, 0.1) is 13.2 Å². The van der Waals surface area contributed by atoms with Crippen LogP contribution in [-0.4, -0.2) is 11.5 Å². The lowest BCUT2D eigenvalue weighted by Crippen LogP contribution is -2.12. The molecule has 0 bridgehead atoms. The van der Waals surface area contributed by atoms with Crippen LogP contribution in [0.3, 0.4) is 0 Å². The maximum Gasteiger partial charge on any atom is 0.162 e. The minimum absolute atomic E-state index is 0.130. The Morgan fingerprint density at radius 2 is 1.72 bits per heavy atom. The van der Waals surface area contributed by atoms with Crippen LogP contribution in [0.15, 0.2) is 48.5 Å². The smallest absolute Gasteiger partial charge is 0.162 e. The predicted octanol–water partition coefficient (Wildman–Crippen LogP) is 5.19. The summed E-state index contributed by atoms with van der Waals surface area (Å²) in [6.45, 7) is 2.05. The van der Waals surface area contributed by atoms with Gasteiger partial charge in [-0.15, -0.1) is 0 Å². The molecule has 1 aromatic heterocycles. The SMILES string of the molecule is COc1ccc([C@H](Nc2snc(Cl)c2C#N)c2ccc(C)cc2)cc1. The highest BCUT2D eigenvalue weighted by atomic mass is 35.5. The highest BCUT2D eigenvalue weighted by molar-refractivity contribution is 7.10. The molecule has 0 aliphatic heterocycles. The van der Waals surface area contributed by atoms with Gasteiger partial charge in [-0.2, -0.15) is 9.64 Å². The molecule has 0 aliphatic rings. The van der Waals surface area contributed by atoms with E-state index in [9.17, 15) is 5.26 Å². The summed E-state index contributed by atoms with van der Waals surface area (Å²) in [7, 11) is 1.64. The zero-order chi connectivity index (χ0) is 17.8. The number of nitriles is 1. The molecule has 126 valence electrons. The van der Waals surface area contributed by atoms with E-state index in [2.05, 4.69) is 46.9 Å². The van der Waals surface area contributed by atoms with Crippen LogP contribution in [0.25, 0.3) is 0 Å². The van der Waals surface area contributed by atoms with Crippen molar-refractivity contribution in [3.8, 4) is 11.8 Å². The Morgan fingerprint density at radius 1 is 1.12 bits per heavy atom. The number of ether oxygens (including phenoxy) is 1. The quantitative estimate of drug-likeness (QED) is 0.672. The van der Waals surface area contributed by atoms with Gasteiger partial charge in [0, 0.05) is 0 Å². The minimum Gasteiger partial charge on any atom is -0.497 e. The Hall–Kier alpha value is -2.55. The third-order valence-corrected chi connectivity index (χ3v) is 5.05. The molecular weight excluding hydrogens is 354 g/mol. The summed E-state index contributed by atoms with van der Waals surface area (Å²) in [5.41, 5.74) is 3.70. The van der Waals surface area contributed by atoms with Gasteiger partial charge >= 0.3 is 0 Å². The summed E-state index contributed by atoms with van der Waals surface area (Å²) in [5, 5.41) is 13.6. The molecule has 1 heterocycles. The van der Waals surface area contributed by atoms with Crippen molar-refractivity contribution in [3.05, 3.63) is 75.9 Å². The number of rotatable bonds is 5. The van der Waals surface area contributed by atoms with Gasteiger partial charge in [0.1, 0.15) is 22.4 Å². The molecule has 0 fully saturated rings. The molecular formula is C19H16ClN3OS. The van der Waals surface area contributed by atoms with E-state index in [4.69, 9.17) is 16.3 Å². The first-order valence-electron chi connectivity index (χ1n) is 7.64. The molecule has 4 nitrogen and oxygen atoms in total. The fraction of sp³-hybridized carbons (Fsp3) is 0.158. The van der Waals surface area contributed by atoms with Crippen LogP contribution in [0, 0.1) is 18.3 Å². The van der Waals surface area contributed by atoms with Gasteiger partial charge in [0.2, 0.25) is 0 Å². The van der Waals surface area contributed by atoms with Crippen LogP contribution >= 0.6 is 23.1 Å². The summed E-state index contributed by atoms with van der Waals surface area (Å²) < 4.78 is 9.31. The molecule has 6 heteroatoms. The van der Waals surface area contributed by atoms with Gasteiger partial charge in [0.15, 0.2) is 5.15 Å². The Bertz CT molecular complexity index is 898. The molecule has 1 N–H and O–H groups in total. The van der Waals surface area contributed by atoms with Gasteiger partial charge in [-0.1, -0.05) is 53.6 Å². The van der Waals surface area contributed by atoms with Crippen LogP contribution < -0.4 is 10.1 Å². The normalized spacial score (nSPS) is 11.6. The molecule has 25 heavy (non-hydrogen) atoms. The number of halogens is 1. The van der Waals surface area contributed by atoms with Crippen molar-refractivity contribution in [2.24, 2.45) is 0 Å². The van der Waals surface area contributed by atoms with Crippen molar-refractivity contribution in [2.75, 3.05) is 12.4 Å². The second-order valence-corrected chi connectivity index (χ2v) is 6.68. The van der Waals surface area contributed by atoms with Gasteiger partial charge in [-0.05, 0) is 41.7 Å². The van der Waals surface area contributed by atoms with Crippen molar-refractivity contribution < 1.29 is 4.74 Å². The lowest BCUT2D eigenvalue weighted by atomic mass is 9.97. The van der Waals surface area contributed by atoms with E-state index in [-0.39, 0.29) is 11.2 Å². The van der Waals surface area contributed by atoms with Gasteiger partial charge in [-0.3, -0.25) is 0 Å². The highest BCUT2D eigenvalue weighted by Crippen LogP contribution is 2.34. The molecule has 0 aliphatic carbocycles. The number of anilines is 1. The summed E-state index contributed by atoms with van der Waals surface area (Å²) in [5.74, 6) is 0.796. The van der Waals surface area contributed by atoms with Crippen LogP contribution in [0.1, 0.15) is 28.3 Å². The minimum atomic E-state index is -0.130. The Morgan fingerprint density at radius 3 is 2.28 bits per heavy atom. The number of hydrogen-bond donors (Lipinski definition) is 1. The molecule has 0 unspecified atom stereocenters. The van der Waals surface area contributed by atoms with E-state index in [1.165, 1.54) is 17.1 Å². The maximum absolute atomic E-state index is 9.32. The van der Waals surface area contributed by atoms with Gasteiger partial charge < -0.3 is 10.1 Å². The van der Waals surface area contributed by atoms with E-state index < -0.39 is 0 Å². The first-order chi connectivity index (χ1) is 12.1. The monoisotopic (exact) mass is 369 g/mol.